The number of hydrogen-bond donors (Lipinski definition) is 2. The highest BCUT2D eigenvalue weighted by atomic mass is 35.5. The maximum absolute atomic E-state index is 12.8. The maximum Gasteiger partial charge on any atom is 0.257 e. The minimum atomic E-state index is -0.407. The van der Waals surface area contributed by atoms with Gasteiger partial charge in [0.15, 0.2) is 0 Å². The number of nitrogens with one attached hydrogen (secondary N) is 2. The van der Waals surface area contributed by atoms with Gasteiger partial charge in [0.05, 0.1) is 5.52 Å². The van der Waals surface area contributed by atoms with Gasteiger partial charge in [-0.05, 0) is 41.5 Å². The Morgan fingerprint density at radius 3 is 2.50 bits per heavy atom. The van der Waals surface area contributed by atoms with Crippen LogP contribution in [0.5, 0.6) is 0 Å². The van der Waals surface area contributed by atoms with Crippen molar-refractivity contribution in [3.05, 3.63) is 111 Å². The molecule has 4 aromatic rings. The second kappa shape index (κ2) is 9.20. The summed E-state index contributed by atoms with van der Waals surface area (Å²) in [5.74, 6) is 0.442. The number of aromatic amines is 1. The van der Waals surface area contributed by atoms with Crippen molar-refractivity contribution in [1.82, 2.24) is 10.3 Å². The van der Waals surface area contributed by atoms with Crippen LogP contribution in [0, 0.1) is 0 Å². The van der Waals surface area contributed by atoms with E-state index in [2.05, 4.69) is 22.4 Å². The Hall–Kier alpha value is -3.02. The van der Waals surface area contributed by atoms with Gasteiger partial charge >= 0.3 is 0 Å². The van der Waals surface area contributed by atoms with Crippen LogP contribution in [0.3, 0.4) is 0 Å². The van der Waals surface area contributed by atoms with E-state index in [9.17, 15) is 9.59 Å². The van der Waals surface area contributed by atoms with E-state index in [0.29, 0.717) is 22.5 Å². The smallest absolute Gasteiger partial charge is 0.257 e. The molecule has 1 heterocycles. The molecule has 2 N–H and O–H groups in total. The van der Waals surface area contributed by atoms with E-state index in [1.165, 1.54) is 11.8 Å². The third-order valence-electron chi connectivity index (χ3n) is 4.71. The molecule has 6 heteroatoms. The third-order valence-corrected chi connectivity index (χ3v) is 6.03. The lowest BCUT2D eigenvalue weighted by molar-refractivity contribution is 0.0949. The van der Waals surface area contributed by atoms with Gasteiger partial charge in [0.25, 0.3) is 5.91 Å². The summed E-state index contributed by atoms with van der Waals surface area (Å²) in [5, 5.41) is 3.92. The average molecular weight is 435 g/mol. The normalized spacial score (nSPS) is 10.8. The first-order chi connectivity index (χ1) is 14.6. The Balaban J connectivity index is 1.48. The zero-order valence-corrected chi connectivity index (χ0v) is 17.6. The van der Waals surface area contributed by atoms with Crippen LogP contribution in [0.25, 0.3) is 10.9 Å². The average Bonchev–Trinajstić information content (AvgIpc) is 2.78. The highest BCUT2D eigenvalue weighted by molar-refractivity contribution is 7.98. The summed E-state index contributed by atoms with van der Waals surface area (Å²) in [6, 6.07) is 23.1. The molecule has 0 saturated heterocycles. The zero-order valence-electron chi connectivity index (χ0n) is 16.0. The van der Waals surface area contributed by atoms with E-state index in [1.54, 1.807) is 30.0 Å². The molecule has 4 nitrogen and oxygen atoms in total. The quantitative estimate of drug-likeness (QED) is 0.399. The van der Waals surface area contributed by atoms with E-state index >= 15 is 0 Å². The van der Waals surface area contributed by atoms with Crippen LogP contribution in [0.15, 0.2) is 88.7 Å². The number of benzene rings is 3. The summed E-state index contributed by atoms with van der Waals surface area (Å²) in [6.07, 6.45) is 1.48. The molecule has 1 amide bonds. The van der Waals surface area contributed by atoms with E-state index in [-0.39, 0.29) is 11.0 Å². The highest BCUT2D eigenvalue weighted by Gasteiger charge is 2.13. The highest BCUT2D eigenvalue weighted by Crippen LogP contribution is 2.25. The predicted molar refractivity (Wildman–Crippen MR) is 123 cm³/mol. The van der Waals surface area contributed by atoms with Gasteiger partial charge < -0.3 is 10.3 Å². The summed E-state index contributed by atoms with van der Waals surface area (Å²) in [7, 11) is 0. The molecular formula is C24H19ClN2O2S. The molecule has 0 radical (unpaired) electrons. The van der Waals surface area contributed by atoms with Crippen LogP contribution in [-0.4, -0.2) is 10.9 Å². The Kier molecular flexibility index (Phi) is 6.21. The Labute approximate surface area is 183 Å². The fraction of sp³-hybridized carbons (Fsp3) is 0.0833. The molecule has 4 rings (SSSR count). The summed E-state index contributed by atoms with van der Waals surface area (Å²) in [5.41, 5.74) is 2.68. The molecule has 3 aromatic carbocycles. The van der Waals surface area contributed by atoms with Crippen molar-refractivity contribution in [2.45, 2.75) is 17.2 Å². The van der Waals surface area contributed by atoms with Crippen LogP contribution in [0.1, 0.15) is 21.5 Å². The van der Waals surface area contributed by atoms with Crippen LogP contribution in [-0.2, 0) is 12.3 Å². The largest absolute Gasteiger partial charge is 0.360 e. The number of carbonyl (C=O) groups is 1. The molecule has 0 bridgehead atoms. The Morgan fingerprint density at radius 1 is 0.967 bits per heavy atom. The predicted octanol–water partition coefficient (Wildman–Crippen LogP) is 5.40. The number of amides is 1. The van der Waals surface area contributed by atoms with Crippen molar-refractivity contribution >= 4 is 40.2 Å². The van der Waals surface area contributed by atoms with Crippen molar-refractivity contribution in [3.63, 3.8) is 0 Å². The van der Waals surface area contributed by atoms with E-state index in [4.69, 9.17) is 11.6 Å². The van der Waals surface area contributed by atoms with Crippen molar-refractivity contribution in [3.8, 4) is 0 Å². The van der Waals surface area contributed by atoms with Crippen LogP contribution in [0.2, 0.25) is 5.02 Å². The number of rotatable bonds is 6. The van der Waals surface area contributed by atoms with Crippen molar-refractivity contribution in [1.29, 1.82) is 0 Å². The van der Waals surface area contributed by atoms with Crippen LogP contribution in [0.4, 0.5) is 0 Å². The number of hydrogen-bond acceptors (Lipinski definition) is 3. The van der Waals surface area contributed by atoms with Crippen molar-refractivity contribution < 1.29 is 4.79 Å². The van der Waals surface area contributed by atoms with Gasteiger partial charge in [-0.1, -0.05) is 54.1 Å². The molecule has 30 heavy (non-hydrogen) atoms. The molecule has 0 saturated carbocycles. The molecule has 0 atom stereocenters. The minimum absolute atomic E-state index is 0.0983. The molecular weight excluding hydrogens is 416 g/mol. The molecule has 0 aliphatic rings. The fourth-order valence-electron chi connectivity index (χ4n) is 3.08. The lowest BCUT2D eigenvalue weighted by Crippen LogP contribution is -2.28. The maximum atomic E-state index is 12.8. The van der Waals surface area contributed by atoms with Crippen LogP contribution < -0.4 is 10.7 Å². The summed E-state index contributed by atoms with van der Waals surface area (Å²) in [6.45, 7) is 0.322. The number of thioether (sulfide) groups is 1. The molecule has 1 aromatic heterocycles. The number of fused-ring (bicyclic) bond motifs is 1. The number of H-pyrrole nitrogens is 1. The Bertz CT molecular complexity index is 1240. The molecule has 0 fully saturated rings. The summed E-state index contributed by atoms with van der Waals surface area (Å²) >= 11 is 7.57. The van der Waals surface area contributed by atoms with Gasteiger partial charge in [-0.3, -0.25) is 9.59 Å². The second-order valence-corrected chi connectivity index (χ2v) is 8.31. The van der Waals surface area contributed by atoms with Crippen molar-refractivity contribution in [2.75, 3.05) is 0 Å². The Morgan fingerprint density at radius 2 is 1.73 bits per heavy atom. The van der Waals surface area contributed by atoms with E-state index in [1.807, 2.05) is 42.5 Å². The molecule has 0 aliphatic heterocycles. The number of halogens is 1. The van der Waals surface area contributed by atoms with Gasteiger partial charge in [0.2, 0.25) is 5.43 Å². The first-order valence-electron chi connectivity index (χ1n) is 9.45. The molecule has 0 spiro atoms. The van der Waals surface area contributed by atoms with Gasteiger partial charge in [-0.15, -0.1) is 11.8 Å². The van der Waals surface area contributed by atoms with Gasteiger partial charge in [-0.2, -0.15) is 0 Å². The number of pyridine rings is 1. The number of carbonyl (C=O) groups excluding carboxylic acids is 1. The first-order valence-corrected chi connectivity index (χ1v) is 10.8. The van der Waals surface area contributed by atoms with E-state index < -0.39 is 5.91 Å². The number of aromatic nitrogens is 1. The summed E-state index contributed by atoms with van der Waals surface area (Å²) < 4.78 is 0. The third kappa shape index (κ3) is 4.75. The van der Waals surface area contributed by atoms with Crippen LogP contribution >= 0.6 is 23.4 Å². The van der Waals surface area contributed by atoms with Gasteiger partial charge in [-0.25, -0.2) is 0 Å². The molecule has 0 aliphatic carbocycles. The van der Waals surface area contributed by atoms with E-state index in [0.717, 1.165) is 16.2 Å². The van der Waals surface area contributed by atoms with Gasteiger partial charge in [0.1, 0.15) is 5.56 Å². The zero-order chi connectivity index (χ0) is 20.9. The summed E-state index contributed by atoms with van der Waals surface area (Å²) in [4.78, 5) is 29.5. The SMILES string of the molecule is O=C(NCc1ccc(Cl)cc1)c1c[nH]c2cc(SCc3ccccc3)ccc2c1=O. The first kappa shape index (κ1) is 20.3. The standard InChI is InChI=1S/C24H19ClN2O2S/c25-18-8-6-16(7-9-18)13-27-24(29)21-14-26-22-12-19(10-11-20(22)23(21)28)30-15-17-4-2-1-3-5-17/h1-12,14H,13,15H2,(H,26,28)(H,27,29). The fourth-order valence-corrected chi connectivity index (χ4v) is 4.10. The topological polar surface area (TPSA) is 62.0 Å². The monoisotopic (exact) mass is 434 g/mol. The second-order valence-electron chi connectivity index (χ2n) is 6.82. The lowest BCUT2D eigenvalue weighted by Gasteiger charge is -2.08. The molecule has 150 valence electrons. The van der Waals surface area contributed by atoms with Gasteiger partial charge in [0, 0.05) is 33.8 Å². The minimum Gasteiger partial charge on any atom is -0.360 e. The molecule has 0 unspecified atom stereocenters. The van der Waals surface area contributed by atoms with Crippen molar-refractivity contribution in [2.24, 2.45) is 0 Å². The lowest BCUT2D eigenvalue weighted by atomic mass is 10.1.